The van der Waals surface area contributed by atoms with E-state index in [0.29, 0.717) is 35.5 Å². The maximum Gasteiger partial charge on any atom is 0.319 e. The van der Waals surface area contributed by atoms with Gasteiger partial charge in [-0.1, -0.05) is 11.6 Å². The lowest BCUT2D eigenvalue weighted by atomic mass is 10.3. The number of carbonyl (C=O) groups excluding carboxylic acids is 1. The Morgan fingerprint density at radius 1 is 1.48 bits per heavy atom. The molecule has 23 heavy (non-hydrogen) atoms. The maximum atomic E-state index is 12.0. The van der Waals surface area contributed by atoms with Gasteiger partial charge in [-0.05, 0) is 31.0 Å². The zero-order valence-corrected chi connectivity index (χ0v) is 13.5. The summed E-state index contributed by atoms with van der Waals surface area (Å²) in [6.07, 6.45) is 4.04. The fraction of sp³-hybridized carbons (Fsp3) is 0.400. The molecule has 2 amide bonds. The smallest absolute Gasteiger partial charge is 0.319 e. The Morgan fingerprint density at radius 3 is 3.04 bits per heavy atom. The molecule has 0 aliphatic heterocycles. The van der Waals surface area contributed by atoms with Crippen molar-refractivity contribution in [1.29, 1.82) is 0 Å². The quantitative estimate of drug-likeness (QED) is 0.850. The van der Waals surface area contributed by atoms with Gasteiger partial charge in [-0.25, -0.2) is 4.79 Å². The summed E-state index contributed by atoms with van der Waals surface area (Å²) in [5, 5.41) is 14.1. The van der Waals surface area contributed by atoms with Crippen LogP contribution in [-0.4, -0.2) is 34.5 Å². The summed E-state index contributed by atoms with van der Waals surface area (Å²) in [6.45, 7) is 1.12. The second-order valence-corrected chi connectivity index (χ2v) is 5.82. The van der Waals surface area contributed by atoms with Gasteiger partial charge in [0.05, 0.1) is 12.8 Å². The molecule has 8 heteroatoms. The second kappa shape index (κ2) is 6.87. The number of nitrogens with one attached hydrogen (secondary N) is 2. The van der Waals surface area contributed by atoms with Gasteiger partial charge in [0.15, 0.2) is 0 Å². The van der Waals surface area contributed by atoms with Gasteiger partial charge in [-0.2, -0.15) is 0 Å². The fourth-order valence-corrected chi connectivity index (χ4v) is 2.50. The van der Waals surface area contributed by atoms with E-state index in [1.54, 1.807) is 24.5 Å². The van der Waals surface area contributed by atoms with Gasteiger partial charge in [-0.3, -0.25) is 0 Å². The summed E-state index contributed by atoms with van der Waals surface area (Å²) in [5.41, 5.74) is 0.528. The Labute approximate surface area is 139 Å². The highest BCUT2D eigenvalue weighted by Crippen LogP contribution is 2.38. The van der Waals surface area contributed by atoms with Crippen molar-refractivity contribution in [1.82, 2.24) is 20.1 Å². The summed E-state index contributed by atoms with van der Waals surface area (Å²) >= 11 is 5.94. The van der Waals surface area contributed by atoms with Crippen LogP contribution in [-0.2, 0) is 6.54 Å². The van der Waals surface area contributed by atoms with Crippen molar-refractivity contribution >= 4 is 23.3 Å². The van der Waals surface area contributed by atoms with Crippen LogP contribution in [0.5, 0.6) is 5.75 Å². The van der Waals surface area contributed by atoms with Crippen LogP contribution in [0.4, 0.5) is 10.5 Å². The number of halogens is 1. The number of rotatable bonds is 6. The van der Waals surface area contributed by atoms with Crippen molar-refractivity contribution in [2.45, 2.75) is 25.3 Å². The second-order valence-electron chi connectivity index (χ2n) is 5.38. The Bertz CT molecular complexity index is 699. The van der Waals surface area contributed by atoms with Crippen LogP contribution < -0.4 is 15.4 Å². The number of methoxy groups -OCH3 is 1. The number of anilines is 1. The van der Waals surface area contributed by atoms with Gasteiger partial charge in [-0.15, -0.1) is 10.2 Å². The maximum absolute atomic E-state index is 12.0. The van der Waals surface area contributed by atoms with E-state index in [9.17, 15) is 4.79 Å². The third-order valence-electron chi connectivity index (χ3n) is 3.64. The van der Waals surface area contributed by atoms with E-state index < -0.39 is 0 Å². The van der Waals surface area contributed by atoms with Crippen molar-refractivity contribution in [3.8, 4) is 5.75 Å². The normalized spacial score (nSPS) is 13.7. The molecule has 0 saturated heterocycles. The van der Waals surface area contributed by atoms with Gasteiger partial charge in [0.1, 0.15) is 17.9 Å². The number of ether oxygens (including phenoxy) is 1. The van der Waals surface area contributed by atoms with Crippen molar-refractivity contribution in [2.75, 3.05) is 19.0 Å². The average molecular weight is 336 g/mol. The number of urea groups is 1. The number of benzene rings is 1. The first kappa shape index (κ1) is 15.6. The van der Waals surface area contributed by atoms with Crippen molar-refractivity contribution in [3.63, 3.8) is 0 Å². The topological polar surface area (TPSA) is 81.1 Å². The van der Waals surface area contributed by atoms with Crippen LogP contribution in [0.15, 0.2) is 24.5 Å². The third-order valence-corrected chi connectivity index (χ3v) is 3.87. The van der Waals surface area contributed by atoms with Gasteiger partial charge in [0, 0.05) is 24.0 Å². The minimum Gasteiger partial charge on any atom is -0.495 e. The SMILES string of the molecule is COc1ccc(Cl)cc1NC(=O)NCCn1cnnc1C1CC1. The number of nitrogens with zero attached hydrogens (tertiary/aromatic N) is 3. The van der Waals surface area contributed by atoms with Crippen LogP contribution in [0.2, 0.25) is 5.02 Å². The first-order valence-electron chi connectivity index (χ1n) is 7.43. The zero-order chi connectivity index (χ0) is 16.2. The molecule has 3 rings (SSSR count). The molecule has 1 aromatic heterocycles. The Morgan fingerprint density at radius 2 is 2.30 bits per heavy atom. The molecule has 0 spiro atoms. The molecule has 1 aromatic carbocycles. The average Bonchev–Trinajstić information content (AvgIpc) is 3.27. The van der Waals surface area contributed by atoms with Gasteiger partial charge < -0.3 is 19.9 Å². The third kappa shape index (κ3) is 3.92. The van der Waals surface area contributed by atoms with E-state index in [-0.39, 0.29) is 6.03 Å². The monoisotopic (exact) mass is 335 g/mol. The van der Waals surface area contributed by atoms with Crippen LogP contribution in [0, 0.1) is 0 Å². The van der Waals surface area contributed by atoms with Crippen LogP contribution in [0.1, 0.15) is 24.6 Å². The largest absolute Gasteiger partial charge is 0.495 e. The fourth-order valence-electron chi connectivity index (χ4n) is 2.33. The molecule has 0 bridgehead atoms. The number of hydrogen-bond donors (Lipinski definition) is 2. The number of amides is 2. The predicted octanol–water partition coefficient (Wildman–Crippen LogP) is 2.64. The lowest BCUT2D eigenvalue weighted by Gasteiger charge is -2.12. The molecule has 2 aromatic rings. The van der Waals surface area contributed by atoms with E-state index in [1.807, 2.05) is 4.57 Å². The molecule has 7 nitrogen and oxygen atoms in total. The summed E-state index contributed by atoms with van der Waals surface area (Å²) in [4.78, 5) is 12.0. The molecule has 0 unspecified atom stereocenters. The molecule has 1 aliphatic rings. The highest BCUT2D eigenvalue weighted by atomic mass is 35.5. The molecule has 1 heterocycles. The minimum absolute atomic E-state index is 0.313. The number of carbonyl (C=O) groups is 1. The molecular weight excluding hydrogens is 318 g/mol. The van der Waals surface area contributed by atoms with E-state index in [2.05, 4.69) is 20.8 Å². The lowest BCUT2D eigenvalue weighted by Crippen LogP contribution is -2.31. The molecule has 1 fully saturated rings. The molecule has 0 atom stereocenters. The lowest BCUT2D eigenvalue weighted by molar-refractivity contribution is 0.251. The number of hydrogen-bond acceptors (Lipinski definition) is 4. The Balaban J connectivity index is 1.52. The first-order valence-corrected chi connectivity index (χ1v) is 7.81. The van der Waals surface area contributed by atoms with Crippen molar-refractivity contribution in [2.24, 2.45) is 0 Å². The highest BCUT2D eigenvalue weighted by Gasteiger charge is 2.28. The first-order chi connectivity index (χ1) is 11.2. The van der Waals surface area contributed by atoms with E-state index >= 15 is 0 Å². The molecule has 0 radical (unpaired) electrons. The predicted molar refractivity (Wildman–Crippen MR) is 87.0 cm³/mol. The summed E-state index contributed by atoms with van der Waals surface area (Å²) in [7, 11) is 1.54. The molecule has 1 aliphatic carbocycles. The molecule has 2 N–H and O–H groups in total. The van der Waals surface area contributed by atoms with Gasteiger partial charge >= 0.3 is 6.03 Å². The Hall–Kier alpha value is -2.28. The van der Waals surface area contributed by atoms with Crippen LogP contribution >= 0.6 is 11.6 Å². The summed E-state index contributed by atoms with van der Waals surface area (Å²) in [5.74, 6) is 2.09. The minimum atomic E-state index is -0.313. The van der Waals surface area contributed by atoms with Gasteiger partial charge in [0.2, 0.25) is 0 Å². The Kier molecular flexibility index (Phi) is 4.66. The van der Waals surface area contributed by atoms with E-state index in [4.69, 9.17) is 16.3 Å². The van der Waals surface area contributed by atoms with E-state index in [0.717, 1.165) is 5.82 Å². The van der Waals surface area contributed by atoms with E-state index in [1.165, 1.54) is 20.0 Å². The standard InChI is InChI=1S/C15H18ClN5O2/c1-23-13-5-4-11(16)8-12(13)19-15(22)17-6-7-21-9-18-20-14(21)10-2-3-10/h4-5,8-10H,2-3,6-7H2,1H3,(H2,17,19,22). The number of aromatic nitrogens is 3. The molecule has 1 saturated carbocycles. The van der Waals surface area contributed by atoms with Crippen LogP contribution in [0.3, 0.4) is 0 Å². The zero-order valence-electron chi connectivity index (χ0n) is 12.8. The molecule has 122 valence electrons. The van der Waals surface area contributed by atoms with Crippen LogP contribution in [0.25, 0.3) is 0 Å². The van der Waals surface area contributed by atoms with Crippen molar-refractivity contribution < 1.29 is 9.53 Å². The molecular formula is C15H18ClN5O2. The highest BCUT2D eigenvalue weighted by molar-refractivity contribution is 6.31. The summed E-state index contributed by atoms with van der Waals surface area (Å²) < 4.78 is 7.18. The van der Waals surface area contributed by atoms with Crippen molar-refractivity contribution in [3.05, 3.63) is 35.4 Å². The van der Waals surface area contributed by atoms with Gasteiger partial charge in [0.25, 0.3) is 0 Å². The summed E-state index contributed by atoms with van der Waals surface area (Å²) in [6, 6.07) is 4.74.